The van der Waals surface area contributed by atoms with Gasteiger partial charge in [0.1, 0.15) is 17.1 Å². The summed E-state index contributed by atoms with van der Waals surface area (Å²) >= 11 is 0. The number of nitrogens with one attached hydrogen (secondary N) is 2. The summed E-state index contributed by atoms with van der Waals surface area (Å²) in [6.45, 7) is 4.49. The Morgan fingerprint density at radius 1 is 1.12 bits per heavy atom. The van der Waals surface area contributed by atoms with Crippen molar-refractivity contribution in [3.8, 4) is 6.07 Å². The number of ether oxygens (including phenoxy) is 1. The average Bonchev–Trinajstić information content (AvgIpc) is 3.43. The Kier molecular flexibility index (Phi) is 6.41. The molecule has 40 heavy (non-hydrogen) atoms. The van der Waals surface area contributed by atoms with Gasteiger partial charge in [0.15, 0.2) is 5.79 Å². The Hall–Kier alpha value is -3.66. The standard InChI is InChI=1S/C27H30F4N6O3/c1-23(2,3)40-22(39)36-11-8-26(28,9-12-36)35-34-21(38)24-14-25(24,27(29,30)31)16-37(15-24)19-7-6-17(13-32)20-18(19)5-4-10-33-20/h4-7,10,35H,8-9,11-12,14-16H2,1-3H3,(H,34,38)/t24-,25-/m0/s1. The maximum atomic E-state index is 15.5. The number of alkyl halides is 4. The summed E-state index contributed by atoms with van der Waals surface area (Å²) in [5.41, 5.74) is 0.843. The lowest BCUT2D eigenvalue weighted by molar-refractivity contribution is -0.192. The van der Waals surface area contributed by atoms with Gasteiger partial charge in [-0.25, -0.2) is 9.18 Å². The molecule has 214 valence electrons. The molecule has 2 saturated heterocycles. The average molecular weight is 563 g/mol. The summed E-state index contributed by atoms with van der Waals surface area (Å²) in [4.78, 5) is 32.6. The molecule has 2 atom stereocenters. The minimum Gasteiger partial charge on any atom is -0.444 e. The monoisotopic (exact) mass is 562 g/mol. The molecule has 13 heteroatoms. The quantitative estimate of drug-likeness (QED) is 0.327. The summed E-state index contributed by atoms with van der Waals surface area (Å²) in [5, 5.41) is 9.92. The van der Waals surface area contributed by atoms with Crippen LogP contribution in [0.25, 0.3) is 10.9 Å². The van der Waals surface area contributed by atoms with E-state index in [9.17, 15) is 28.0 Å². The zero-order valence-corrected chi connectivity index (χ0v) is 22.4. The lowest BCUT2D eigenvalue weighted by Crippen LogP contribution is -2.59. The first-order valence-electron chi connectivity index (χ1n) is 13.0. The highest BCUT2D eigenvalue weighted by Crippen LogP contribution is 2.75. The van der Waals surface area contributed by atoms with Gasteiger partial charge in [0, 0.05) is 56.3 Å². The molecule has 1 aromatic carbocycles. The smallest absolute Gasteiger partial charge is 0.410 e. The maximum absolute atomic E-state index is 15.5. The molecule has 0 spiro atoms. The number of carbonyl (C=O) groups is 2. The second kappa shape index (κ2) is 9.19. The molecule has 2 aliphatic heterocycles. The number of likely N-dealkylation sites (tertiary alicyclic amines) is 1. The number of anilines is 1. The summed E-state index contributed by atoms with van der Waals surface area (Å²) < 4.78 is 64.0. The number of amides is 2. The predicted octanol–water partition coefficient (Wildman–Crippen LogP) is 4.18. The first-order chi connectivity index (χ1) is 18.6. The van der Waals surface area contributed by atoms with Crippen LogP contribution in [0.15, 0.2) is 30.5 Å². The van der Waals surface area contributed by atoms with Crippen molar-refractivity contribution < 1.29 is 31.9 Å². The van der Waals surface area contributed by atoms with Crippen LogP contribution in [0, 0.1) is 22.2 Å². The first kappa shape index (κ1) is 27.9. The van der Waals surface area contributed by atoms with Gasteiger partial charge in [-0.05, 0) is 51.5 Å². The van der Waals surface area contributed by atoms with Crippen molar-refractivity contribution in [2.45, 2.75) is 57.6 Å². The molecule has 5 rings (SSSR count). The van der Waals surface area contributed by atoms with Gasteiger partial charge in [0.25, 0.3) is 0 Å². The molecule has 2 amide bonds. The number of hydrogen-bond donors (Lipinski definition) is 2. The Bertz CT molecular complexity index is 1400. The van der Waals surface area contributed by atoms with Crippen LogP contribution in [-0.2, 0) is 9.53 Å². The number of hydrazine groups is 1. The largest absolute Gasteiger partial charge is 0.444 e. The Balaban J connectivity index is 1.30. The van der Waals surface area contributed by atoms with Gasteiger partial charge >= 0.3 is 12.3 Å². The van der Waals surface area contributed by atoms with Crippen LogP contribution >= 0.6 is 0 Å². The molecule has 0 bridgehead atoms. The molecule has 9 nitrogen and oxygen atoms in total. The van der Waals surface area contributed by atoms with E-state index in [1.54, 1.807) is 39.0 Å². The second-order valence-electron chi connectivity index (χ2n) is 11.9. The van der Waals surface area contributed by atoms with E-state index in [0.717, 1.165) is 0 Å². The third-order valence-corrected chi connectivity index (χ3v) is 8.11. The van der Waals surface area contributed by atoms with Crippen LogP contribution in [0.5, 0.6) is 0 Å². The van der Waals surface area contributed by atoms with Gasteiger partial charge in [0.2, 0.25) is 5.91 Å². The molecule has 3 aliphatic rings. The van der Waals surface area contributed by atoms with E-state index in [2.05, 4.69) is 15.8 Å². The Labute approximate surface area is 228 Å². The van der Waals surface area contributed by atoms with Crippen LogP contribution in [0.4, 0.5) is 28.0 Å². The highest BCUT2D eigenvalue weighted by atomic mass is 19.4. The van der Waals surface area contributed by atoms with Crippen molar-refractivity contribution in [1.29, 1.82) is 5.26 Å². The topological polar surface area (TPSA) is 111 Å². The fourth-order valence-electron chi connectivity index (χ4n) is 5.90. The molecule has 3 fully saturated rings. The Morgan fingerprint density at radius 2 is 1.82 bits per heavy atom. The molecule has 3 heterocycles. The van der Waals surface area contributed by atoms with Gasteiger partial charge in [-0.2, -0.15) is 23.9 Å². The van der Waals surface area contributed by atoms with E-state index in [-0.39, 0.29) is 38.0 Å². The third-order valence-electron chi connectivity index (χ3n) is 8.11. The lowest BCUT2D eigenvalue weighted by atomic mass is 9.95. The number of fused-ring (bicyclic) bond motifs is 2. The van der Waals surface area contributed by atoms with Gasteiger partial charge in [0.05, 0.1) is 16.5 Å². The summed E-state index contributed by atoms with van der Waals surface area (Å²) in [7, 11) is 0. The number of nitriles is 1. The number of aromatic nitrogens is 1. The number of nitrogens with zero attached hydrogens (tertiary/aromatic N) is 4. The molecule has 0 unspecified atom stereocenters. The van der Waals surface area contributed by atoms with Crippen molar-refractivity contribution in [3.63, 3.8) is 0 Å². The molecule has 1 saturated carbocycles. The molecule has 1 aliphatic carbocycles. The highest BCUT2D eigenvalue weighted by molar-refractivity contribution is 5.97. The number of rotatable bonds is 4. The van der Waals surface area contributed by atoms with E-state index in [1.165, 1.54) is 22.1 Å². The van der Waals surface area contributed by atoms with Gasteiger partial charge < -0.3 is 14.5 Å². The number of carbonyl (C=O) groups excluding carboxylic acids is 2. The maximum Gasteiger partial charge on any atom is 0.410 e. The van der Waals surface area contributed by atoms with Crippen LogP contribution < -0.4 is 15.8 Å². The van der Waals surface area contributed by atoms with Crippen molar-refractivity contribution in [1.82, 2.24) is 20.7 Å². The van der Waals surface area contributed by atoms with Crippen LogP contribution in [0.2, 0.25) is 0 Å². The highest BCUT2D eigenvalue weighted by Gasteiger charge is 2.86. The molecular weight excluding hydrogens is 532 g/mol. The van der Waals surface area contributed by atoms with E-state index in [0.29, 0.717) is 16.6 Å². The second-order valence-corrected chi connectivity index (χ2v) is 11.9. The minimum absolute atomic E-state index is 0.0134. The van der Waals surface area contributed by atoms with E-state index >= 15 is 4.39 Å². The lowest BCUT2D eigenvalue weighted by Gasteiger charge is -2.37. The normalized spacial score (nSPS) is 25.8. The number of pyridine rings is 1. The van der Waals surface area contributed by atoms with Crippen molar-refractivity contribution in [3.05, 3.63) is 36.0 Å². The summed E-state index contributed by atoms with van der Waals surface area (Å²) in [6.07, 6.45) is -4.53. The fraction of sp³-hybridized carbons (Fsp3) is 0.556. The minimum atomic E-state index is -4.67. The molecule has 1 aromatic heterocycles. The van der Waals surface area contributed by atoms with Gasteiger partial charge in [-0.3, -0.25) is 15.2 Å². The SMILES string of the molecule is CC(C)(C)OC(=O)N1CCC(F)(NNC(=O)[C@]23CN(c4ccc(C#N)c5ncccc45)C[C@@]2(C(F)(F)F)C3)CC1. The van der Waals surface area contributed by atoms with Crippen molar-refractivity contribution in [2.24, 2.45) is 10.8 Å². The zero-order valence-electron chi connectivity index (χ0n) is 22.4. The van der Waals surface area contributed by atoms with E-state index in [1.807, 2.05) is 6.07 Å². The van der Waals surface area contributed by atoms with Gasteiger partial charge in [-0.1, -0.05) is 0 Å². The fourth-order valence-corrected chi connectivity index (χ4v) is 5.90. The molecular formula is C27H30F4N6O3. The number of halogens is 4. The zero-order chi connectivity index (χ0) is 29.1. The summed E-state index contributed by atoms with van der Waals surface area (Å²) in [6, 6.07) is 8.40. The summed E-state index contributed by atoms with van der Waals surface area (Å²) in [5.74, 6) is -3.04. The molecule has 2 N–H and O–H groups in total. The van der Waals surface area contributed by atoms with Crippen LogP contribution in [0.1, 0.15) is 45.6 Å². The van der Waals surface area contributed by atoms with Crippen molar-refractivity contribution in [2.75, 3.05) is 31.1 Å². The van der Waals surface area contributed by atoms with Crippen LogP contribution in [-0.4, -0.2) is 65.6 Å². The van der Waals surface area contributed by atoms with Crippen LogP contribution in [0.3, 0.4) is 0 Å². The number of hydrogen-bond acceptors (Lipinski definition) is 7. The van der Waals surface area contributed by atoms with Gasteiger partial charge in [-0.15, -0.1) is 0 Å². The first-order valence-corrected chi connectivity index (χ1v) is 13.0. The number of piperidine rings is 2. The Morgan fingerprint density at radius 3 is 2.45 bits per heavy atom. The third kappa shape index (κ3) is 4.58. The van der Waals surface area contributed by atoms with E-state index < -0.39 is 53.4 Å². The number of benzene rings is 1. The molecule has 0 radical (unpaired) electrons. The van der Waals surface area contributed by atoms with Crippen molar-refractivity contribution >= 4 is 28.6 Å². The predicted molar refractivity (Wildman–Crippen MR) is 136 cm³/mol. The molecule has 2 aromatic rings. The van der Waals surface area contributed by atoms with E-state index in [4.69, 9.17) is 4.74 Å².